The number of aryl methyl sites for hydroxylation is 1. The van der Waals surface area contributed by atoms with Crippen LogP contribution in [0.1, 0.15) is 33.2 Å². The first-order valence-electron chi connectivity index (χ1n) is 9.90. The van der Waals surface area contributed by atoms with E-state index in [2.05, 4.69) is 16.2 Å². The van der Waals surface area contributed by atoms with Gasteiger partial charge in [-0.2, -0.15) is 10.2 Å². The lowest BCUT2D eigenvalue weighted by Crippen LogP contribution is -2.05. The molecule has 1 heterocycles. The van der Waals surface area contributed by atoms with E-state index in [0.29, 0.717) is 28.6 Å². The minimum Gasteiger partial charge on any atom is -0.485 e. The van der Waals surface area contributed by atoms with E-state index in [1.807, 2.05) is 42.5 Å². The highest BCUT2D eigenvalue weighted by Crippen LogP contribution is 2.24. The maximum atomic E-state index is 12.4. The summed E-state index contributed by atoms with van der Waals surface area (Å²) in [6.45, 7) is 2.03. The zero-order valence-electron chi connectivity index (χ0n) is 17.3. The van der Waals surface area contributed by atoms with Gasteiger partial charge in [0.1, 0.15) is 12.4 Å². The normalized spacial score (nSPS) is 10.4. The summed E-state index contributed by atoms with van der Waals surface area (Å²) in [5.41, 5.74) is 3.70. The third-order valence-corrected chi connectivity index (χ3v) is 4.71. The quantitative estimate of drug-likeness (QED) is 0.390. The number of carbonyl (C=O) groups excluding carboxylic acids is 1. The van der Waals surface area contributed by atoms with E-state index in [0.717, 1.165) is 16.7 Å². The van der Waals surface area contributed by atoms with Gasteiger partial charge in [0.15, 0.2) is 6.61 Å². The Hall–Kier alpha value is -4.44. The van der Waals surface area contributed by atoms with Crippen LogP contribution in [0.5, 0.6) is 5.75 Å². The van der Waals surface area contributed by atoms with Gasteiger partial charge in [0.2, 0.25) is 11.7 Å². The molecule has 0 aliphatic rings. The van der Waals surface area contributed by atoms with Crippen molar-refractivity contribution in [3.63, 3.8) is 0 Å². The lowest BCUT2D eigenvalue weighted by Gasteiger charge is -2.08. The number of ether oxygens (including phenoxy) is 2. The fraction of sp³-hybridized carbons (Fsp3) is 0.120. The van der Waals surface area contributed by atoms with Crippen LogP contribution in [0.3, 0.4) is 0 Å². The van der Waals surface area contributed by atoms with Crippen LogP contribution < -0.4 is 4.74 Å². The van der Waals surface area contributed by atoms with E-state index >= 15 is 0 Å². The molecule has 0 aliphatic carbocycles. The summed E-state index contributed by atoms with van der Waals surface area (Å²) in [5, 5.41) is 13.0. The number of esters is 1. The van der Waals surface area contributed by atoms with Crippen LogP contribution in [-0.4, -0.2) is 16.1 Å². The predicted molar refractivity (Wildman–Crippen MR) is 116 cm³/mol. The number of hydrogen-bond donors (Lipinski definition) is 0. The highest BCUT2D eigenvalue weighted by atomic mass is 16.5. The van der Waals surface area contributed by atoms with Gasteiger partial charge in [0.05, 0.1) is 17.2 Å². The molecule has 0 bridgehead atoms. The van der Waals surface area contributed by atoms with Crippen molar-refractivity contribution in [2.75, 3.05) is 0 Å². The first kappa shape index (κ1) is 20.8. The fourth-order valence-electron chi connectivity index (χ4n) is 3.08. The number of hydrogen-bond acceptors (Lipinski definition) is 7. The largest absolute Gasteiger partial charge is 0.485 e. The van der Waals surface area contributed by atoms with Crippen molar-refractivity contribution in [3.05, 3.63) is 101 Å². The van der Waals surface area contributed by atoms with Gasteiger partial charge in [-0.1, -0.05) is 47.6 Å². The minimum absolute atomic E-state index is 0.147. The molecule has 0 fully saturated rings. The van der Waals surface area contributed by atoms with Crippen molar-refractivity contribution >= 4 is 5.97 Å². The van der Waals surface area contributed by atoms with E-state index in [9.17, 15) is 10.1 Å². The summed E-state index contributed by atoms with van der Waals surface area (Å²) in [6, 6.07) is 23.9. The molecule has 4 rings (SSSR count). The molecule has 1 aromatic heterocycles. The second-order valence-corrected chi connectivity index (χ2v) is 6.97. The number of rotatable bonds is 7. The smallest absolute Gasteiger partial charge is 0.338 e. The summed E-state index contributed by atoms with van der Waals surface area (Å²) in [6.07, 6.45) is 0. The van der Waals surface area contributed by atoms with Crippen molar-refractivity contribution in [2.45, 2.75) is 20.1 Å². The number of benzene rings is 3. The average Bonchev–Trinajstić information content (AvgIpc) is 3.27. The van der Waals surface area contributed by atoms with E-state index in [4.69, 9.17) is 14.0 Å². The topological polar surface area (TPSA) is 98.2 Å². The van der Waals surface area contributed by atoms with Crippen LogP contribution in [0.4, 0.5) is 0 Å². The molecule has 0 aliphatic heterocycles. The van der Waals surface area contributed by atoms with Crippen LogP contribution in [0, 0.1) is 18.3 Å². The zero-order valence-corrected chi connectivity index (χ0v) is 17.3. The fourth-order valence-corrected chi connectivity index (χ4v) is 3.08. The lowest BCUT2D eigenvalue weighted by molar-refractivity contribution is 0.0472. The number of carbonyl (C=O) groups is 1. The Kier molecular flexibility index (Phi) is 6.23. The Morgan fingerprint density at radius 2 is 1.75 bits per heavy atom. The third-order valence-electron chi connectivity index (χ3n) is 4.71. The summed E-state index contributed by atoms with van der Waals surface area (Å²) in [4.78, 5) is 16.4. The molecule has 0 saturated heterocycles. The maximum absolute atomic E-state index is 12.4. The highest BCUT2D eigenvalue weighted by molar-refractivity contribution is 5.89. The Bertz CT molecular complexity index is 1260. The summed E-state index contributed by atoms with van der Waals surface area (Å²) < 4.78 is 15.9. The highest BCUT2D eigenvalue weighted by Gasteiger charge is 2.09. The van der Waals surface area contributed by atoms with Crippen molar-refractivity contribution in [2.24, 2.45) is 0 Å². The Morgan fingerprint density at radius 1 is 1.00 bits per heavy atom. The molecule has 7 nitrogen and oxygen atoms in total. The van der Waals surface area contributed by atoms with Gasteiger partial charge in [-0.3, -0.25) is 0 Å². The molecular formula is C25H19N3O4. The summed E-state index contributed by atoms with van der Waals surface area (Å²) >= 11 is 0. The number of aromatic nitrogens is 2. The molecule has 0 saturated carbocycles. The molecular weight excluding hydrogens is 406 g/mol. The van der Waals surface area contributed by atoms with Crippen molar-refractivity contribution in [3.8, 4) is 22.9 Å². The van der Waals surface area contributed by atoms with Crippen LogP contribution in [0.15, 0.2) is 77.3 Å². The molecule has 32 heavy (non-hydrogen) atoms. The average molecular weight is 425 g/mol. The Balaban J connectivity index is 1.32. The molecule has 0 spiro atoms. The molecule has 4 aromatic rings. The molecule has 0 radical (unpaired) electrons. The van der Waals surface area contributed by atoms with Crippen molar-refractivity contribution < 1.29 is 18.8 Å². The maximum Gasteiger partial charge on any atom is 0.338 e. The van der Waals surface area contributed by atoms with Gasteiger partial charge < -0.3 is 14.0 Å². The van der Waals surface area contributed by atoms with Crippen LogP contribution in [0.2, 0.25) is 0 Å². The van der Waals surface area contributed by atoms with Gasteiger partial charge in [0, 0.05) is 6.92 Å². The van der Waals surface area contributed by atoms with Crippen molar-refractivity contribution in [1.29, 1.82) is 5.26 Å². The minimum atomic E-state index is -0.427. The lowest BCUT2D eigenvalue weighted by atomic mass is 9.99. The second kappa shape index (κ2) is 9.58. The first-order chi connectivity index (χ1) is 15.6. The predicted octanol–water partition coefficient (Wildman–Crippen LogP) is 4.85. The zero-order chi connectivity index (χ0) is 22.3. The monoisotopic (exact) mass is 425 g/mol. The molecule has 0 amide bonds. The SMILES string of the molecule is Cc1nc(COc2ccc(C(=O)OCc3ccc(-c4ccccc4C#N)cc3)cc2)no1. The second-order valence-electron chi connectivity index (χ2n) is 6.97. The molecule has 0 atom stereocenters. The molecule has 7 heteroatoms. The van der Waals surface area contributed by atoms with Gasteiger partial charge in [-0.05, 0) is 47.0 Å². The van der Waals surface area contributed by atoms with Crippen LogP contribution in [-0.2, 0) is 18.0 Å². The van der Waals surface area contributed by atoms with Gasteiger partial charge >= 0.3 is 5.97 Å². The molecule has 0 N–H and O–H groups in total. The first-order valence-corrected chi connectivity index (χ1v) is 9.90. The third kappa shape index (κ3) is 4.99. The molecule has 158 valence electrons. The molecule has 3 aromatic carbocycles. The van der Waals surface area contributed by atoms with E-state index in [-0.39, 0.29) is 13.2 Å². The van der Waals surface area contributed by atoms with E-state index < -0.39 is 5.97 Å². The Morgan fingerprint density at radius 3 is 2.44 bits per heavy atom. The van der Waals surface area contributed by atoms with E-state index in [1.54, 1.807) is 37.3 Å². The van der Waals surface area contributed by atoms with Gasteiger partial charge in [0.25, 0.3) is 0 Å². The Labute approximate surface area is 184 Å². The van der Waals surface area contributed by atoms with Crippen LogP contribution >= 0.6 is 0 Å². The summed E-state index contributed by atoms with van der Waals surface area (Å²) in [5.74, 6) is 1.08. The van der Waals surface area contributed by atoms with Crippen molar-refractivity contribution in [1.82, 2.24) is 10.1 Å². The van der Waals surface area contributed by atoms with Gasteiger partial charge in [-0.25, -0.2) is 4.79 Å². The molecule has 0 unspecified atom stereocenters. The standard InChI is InChI=1S/C25H19N3O4/c1-17-27-24(28-32-17)16-30-22-12-10-20(11-13-22)25(29)31-15-18-6-8-19(9-7-18)23-5-3-2-4-21(23)14-26/h2-13H,15-16H2,1H3. The van der Waals surface area contributed by atoms with Crippen LogP contribution in [0.25, 0.3) is 11.1 Å². The summed E-state index contributed by atoms with van der Waals surface area (Å²) in [7, 11) is 0. The number of nitriles is 1. The van der Waals surface area contributed by atoms with E-state index in [1.165, 1.54) is 0 Å². The number of nitrogens with zero attached hydrogens (tertiary/aromatic N) is 3. The van der Waals surface area contributed by atoms with Gasteiger partial charge in [-0.15, -0.1) is 0 Å².